The minimum Gasteiger partial charge on any atom is -0.480 e. The van der Waals surface area contributed by atoms with Crippen LogP contribution >= 0.6 is 0 Å². The van der Waals surface area contributed by atoms with Gasteiger partial charge >= 0.3 is 11.9 Å². The summed E-state index contributed by atoms with van der Waals surface area (Å²) in [6.45, 7) is 4.87. The standard InChI is InChI=1S/C14H19NO6S/c1-4-21-14(18)10-7-5-6-8-11(10)22(19,20)15-12(9(2)3)13(16)17/h5-9,12,15H,4H2,1-3H3,(H,16,17)/t12-/m0/s1. The lowest BCUT2D eigenvalue weighted by molar-refractivity contribution is -0.140. The Hall–Kier alpha value is -1.93. The van der Waals surface area contributed by atoms with Gasteiger partial charge in [0.05, 0.1) is 17.1 Å². The van der Waals surface area contributed by atoms with Crippen LogP contribution in [0.25, 0.3) is 0 Å². The summed E-state index contributed by atoms with van der Waals surface area (Å²) in [5.41, 5.74) is -0.134. The Balaban J connectivity index is 3.23. The Kier molecular flexibility index (Phi) is 6.07. The summed E-state index contributed by atoms with van der Waals surface area (Å²) in [5, 5.41) is 9.10. The molecule has 0 bridgehead atoms. The van der Waals surface area contributed by atoms with Gasteiger partial charge in [0.25, 0.3) is 0 Å². The molecule has 2 N–H and O–H groups in total. The maximum absolute atomic E-state index is 12.4. The Morgan fingerprint density at radius 2 is 1.86 bits per heavy atom. The molecule has 8 heteroatoms. The van der Waals surface area contributed by atoms with E-state index >= 15 is 0 Å². The van der Waals surface area contributed by atoms with Crippen LogP contribution in [-0.4, -0.2) is 38.1 Å². The molecule has 1 rings (SSSR count). The zero-order valence-electron chi connectivity index (χ0n) is 12.6. The van der Waals surface area contributed by atoms with E-state index in [2.05, 4.69) is 4.72 Å². The van der Waals surface area contributed by atoms with Gasteiger partial charge in [-0.2, -0.15) is 4.72 Å². The molecule has 0 saturated carbocycles. The molecule has 0 unspecified atom stereocenters. The third kappa shape index (κ3) is 4.28. The number of carbonyl (C=O) groups excluding carboxylic acids is 1. The van der Waals surface area contributed by atoms with Crippen molar-refractivity contribution in [3.63, 3.8) is 0 Å². The molecule has 122 valence electrons. The number of carbonyl (C=O) groups is 2. The van der Waals surface area contributed by atoms with Gasteiger partial charge in [0.15, 0.2) is 0 Å². The number of ether oxygens (including phenoxy) is 1. The lowest BCUT2D eigenvalue weighted by Gasteiger charge is -2.19. The average molecular weight is 329 g/mol. The average Bonchev–Trinajstić information content (AvgIpc) is 2.44. The zero-order chi connectivity index (χ0) is 16.9. The minimum absolute atomic E-state index is 0.102. The van der Waals surface area contributed by atoms with Crippen molar-refractivity contribution in [2.75, 3.05) is 6.61 Å². The largest absolute Gasteiger partial charge is 0.480 e. The number of rotatable bonds is 7. The molecule has 1 aromatic rings. The highest BCUT2D eigenvalue weighted by atomic mass is 32.2. The topological polar surface area (TPSA) is 110 Å². The Morgan fingerprint density at radius 1 is 1.27 bits per heavy atom. The molecule has 0 fully saturated rings. The van der Waals surface area contributed by atoms with Crippen LogP contribution < -0.4 is 4.72 Å². The van der Waals surface area contributed by atoms with Crippen LogP contribution in [0.5, 0.6) is 0 Å². The molecule has 0 aromatic heterocycles. The lowest BCUT2D eigenvalue weighted by atomic mass is 10.1. The van der Waals surface area contributed by atoms with Crippen molar-refractivity contribution in [3.05, 3.63) is 29.8 Å². The van der Waals surface area contributed by atoms with Gasteiger partial charge in [0.1, 0.15) is 6.04 Å². The molecule has 0 aliphatic carbocycles. The summed E-state index contributed by atoms with van der Waals surface area (Å²) in [5.74, 6) is -2.52. The van der Waals surface area contributed by atoms with Crippen molar-refractivity contribution in [2.24, 2.45) is 5.92 Å². The van der Waals surface area contributed by atoms with Crippen molar-refractivity contribution in [1.29, 1.82) is 0 Å². The van der Waals surface area contributed by atoms with E-state index in [9.17, 15) is 18.0 Å². The summed E-state index contributed by atoms with van der Waals surface area (Å²) in [7, 11) is -4.18. The monoisotopic (exact) mass is 329 g/mol. The molecule has 1 atom stereocenters. The molecular formula is C14H19NO6S. The first-order valence-electron chi connectivity index (χ1n) is 6.72. The highest BCUT2D eigenvalue weighted by Crippen LogP contribution is 2.18. The Bertz CT molecular complexity index is 653. The molecule has 1 aromatic carbocycles. The number of nitrogens with one attached hydrogen (secondary N) is 1. The first-order valence-corrected chi connectivity index (χ1v) is 8.20. The molecule has 0 aliphatic rings. The molecular weight excluding hydrogens is 310 g/mol. The van der Waals surface area contributed by atoms with Gasteiger partial charge < -0.3 is 9.84 Å². The number of carboxylic acid groups (broad SMARTS) is 1. The van der Waals surface area contributed by atoms with Crippen molar-refractivity contribution in [1.82, 2.24) is 4.72 Å². The summed E-state index contributed by atoms with van der Waals surface area (Å²) in [6.07, 6.45) is 0. The quantitative estimate of drug-likeness (QED) is 0.729. The van der Waals surface area contributed by atoms with E-state index in [1.807, 2.05) is 0 Å². The first-order chi connectivity index (χ1) is 10.2. The van der Waals surface area contributed by atoms with E-state index < -0.39 is 33.9 Å². The molecule has 0 heterocycles. The number of aliphatic carboxylic acids is 1. The van der Waals surface area contributed by atoms with E-state index in [1.165, 1.54) is 24.3 Å². The van der Waals surface area contributed by atoms with Crippen molar-refractivity contribution in [3.8, 4) is 0 Å². The van der Waals surface area contributed by atoms with Gasteiger partial charge in [-0.1, -0.05) is 26.0 Å². The third-order valence-corrected chi connectivity index (χ3v) is 4.39. The van der Waals surface area contributed by atoms with Gasteiger partial charge in [-0.05, 0) is 25.0 Å². The predicted octanol–water partition coefficient (Wildman–Crippen LogP) is 1.25. The third-order valence-electron chi connectivity index (χ3n) is 2.89. The van der Waals surface area contributed by atoms with Crippen LogP contribution in [-0.2, 0) is 19.6 Å². The second kappa shape index (κ2) is 7.37. The molecule has 22 heavy (non-hydrogen) atoms. The summed E-state index contributed by atoms with van der Waals surface area (Å²) < 4.78 is 31.7. The molecule has 0 radical (unpaired) electrons. The second-order valence-corrected chi connectivity index (χ2v) is 6.58. The van der Waals surface area contributed by atoms with Crippen molar-refractivity contribution < 1.29 is 27.9 Å². The maximum atomic E-state index is 12.4. The van der Waals surface area contributed by atoms with E-state index in [4.69, 9.17) is 9.84 Å². The zero-order valence-corrected chi connectivity index (χ0v) is 13.4. The fourth-order valence-electron chi connectivity index (χ4n) is 1.78. The number of carboxylic acids is 1. The molecule has 7 nitrogen and oxygen atoms in total. The Morgan fingerprint density at radius 3 is 2.36 bits per heavy atom. The number of benzene rings is 1. The van der Waals surface area contributed by atoms with Gasteiger partial charge in [0.2, 0.25) is 10.0 Å². The van der Waals surface area contributed by atoms with Crippen LogP contribution in [0.4, 0.5) is 0 Å². The Labute approximate surface area is 129 Å². The van der Waals surface area contributed by atoms with Crippen LogP contribution in [0, 0.1) is 5.92 Å². The number of esters is 1. The molecule has 0 saturated heterocycles. The maximum Gasteiger partial charge on any atom is 0.339 e. The normalized spacial score (nSPS) is 12.9. The fraction of sp³-hybridized carbons (Fsp3) is 0.429. The van der Waals surface area contributed by atoms with Crippen LogP contribution in [0.1, 0.15) is 31.1 Å². The predicted molar refractivity (Wildman–Crippen MR) is 79.0 cm³/mol. The summed E-state index contributed by atoms with van der Waals surface area (Å²) >= 11 is 0. The number of hydrogen-bond donors (Lipinski definition) is 2. The second-order valence-electron chi connectivity index (χ2n) is 4.90. The van der Waals surface area contributed by atoms with Gasteiger partial charge in [0, 0.05) is 0 Å². The van der Waals surface area contributed by atoms with Crippen LogP contribution in [0.2, 0.25) is 0 Å². The van der Waals surface area contributed by atoms with E-state index in [0.29, 0.717) is 0 Å². The van der Waals surface area contributed by atoms with Crippen LogP contribution in [0.3, 0.4) is 0 Å². The van der Waals surface area contributed by atoms with E-state index in [1.54, 1.807) is 20.8 Å². The minimum atomic E-state index is -4.18. The van der Waals surface area contributed by atoms with Gasteiger partial charge in [-0.25, -0.2) is 13.2 Å². The number of hydrogen-bond acceptors (Lipinski definition) is 5. The SMILES string of the molecule is CCOC(=O)c1ccccc1S(=O)(=O)N[C@H](C(=O)O)C(C)C. The van der Waals surface area contributed by atoms with E-state index in [-0.39, 0.29) is 17.1 Å². The molecule has 0 aliphatic heterocycles. The highest BCUT2D eigenvalue weighted by molar-refractivity contribution is 7.89. The lowest BCUT2D eigenvalue weighted by Crippen LogP contribution is -2.44. The van der Waals surface area contributed by atoms with Gasteiger partial charge in [-0.15, -0.1) is 0 Å². The van der Waals surface area contributed by atoms with Gasteiger partial charge in [-0.3, -0.25) is 4.79 Å². The fourth-order valence-corrected chi connectivity index (χ4v) is 3.31. The van der Waals surface area contributed by atoms with Crippen LogP contribution in [0.15, 0.2) is 29.2 Å². The summed E-state index contributed by atoms with van der Waals surface area (Å²) in [6, 6.07) is 4.20. The molecule has 0 amide bonds. The highest BCUT2D eigenvalue weighted by Gasteiger charge is 2.30. The summed E-state index contributed by atoms with van der Waals surface area (Å²) in [4.78, 5) is 22.7. The number of sulfonamides is 1. The smallest absolute Gasteiger partial charge is 0.339 e. The first kappa shape index (κ1) is 18.1. The van der Waals surface area contributed by atoms with E-state index in [0.717, 1.165) is 0 Å². The van der Waals surface area contributed by atoms with Crippen molar-refractivity contribution in [2.45, 2.75) is 31.7 Å². The molecule has 0 spiro atoms. The van der Waals surface area contributed by atoms with Crippen molar-refractivity contribution >= 4 is 22.0 Å².